The van der Waals surface area contributed by atoms with Crippen molar-refractivity contribution in [1.82, 2.24) is 5.01 Å². The van der Waals surface area contributed by atoms with Crippen LogP contribution in [-0.2, 0) is 16.0 Å². The number of nitrogens with one attached hydrogen (secondary N) is 1. The lowest BCUT2D eigenvalue weighted by Gasteiger charge is -2.23. The zero-order chi connectivity index (χ0) is 25.8. The van der Waals surface area contributed by atoms with E-state index in [1.165, 1.54) is 17.3 Å². The third kappa shape index (κ3) is 5.81. The maximum Gasteiger partial charge on any atom is 0.262 e. The van der Waals surface area contributed by atoms with Gasteiger partial charge in [-0.3, -0.25) is 9.59 Å². The molecule has 0 fully saturated rings. The summed E-state index contributed by atoms with van der Waals surface area (Å²) in [5.74, 6) is -0.501. The third-order valence-corrected chi connectivity index (χ3v) is 8.31. The topological polar surface area (TPSA) is 74.1 Å². The number of amidine groups is 1. The molecule has 0 spiro atoms. The molecule has 0 aliphatic carbocycles. The Morgan fingerprint density at radius 2 is 1.86 bits per heavy atom. The van der Waals surface area contributed by atoms with Gasteiger partial charge in [0.25, 0.3) is 5.91 Å². The van der Waals surface area contributed by atoms with E-state index in [9.17, 15) is 9.59 Å². The average molecular weight is 529 g/mol. The van der Waals surface area contributed by atoms with E-state index in [1.807, 2.05) is 65.9 Å². The molecular formula is C29H28N4O2S2. The highest BCUT2D eigenvalue weighted by molar-refractivity contribution is 8.15. The quantitative estimate of drug-likeness (QED) is 0.373. The van der Waals surface area contributed by atoms with E-state index in [0.29, 0.717) is 11.6 Å². The second-order valence-corrected chi connectivity index (χ2v) is 10.9. The number of hydrazone groups is 1. The minimum absolute atomic E-state index is 0.0545. The first-order valence-electron chi connectivity index (χ1n) is 12.3. The number of carbonyl (C=O) groups excluding carboxylic acids is 2. The van der Waals surface area contributed by atoms with Crippen molar-refractivity contribution in [1.29, 1.82) is 0 Å². The molecule has 3 aromatic rings. The van der Waals surface area contributed by atoms with Crippen LogP contribution in [-0.4, -0.2) is 39.2 Å². The summed E-state index contributed by atoms with van der Waals surface area (Å²) < 4.78 is 0. The molecule has 2 amide bonds. The molecule has 0 unspecified atom stereocenters. The highest BCUT2D eigenvalue weighted by atomic mass is 32.2. The van der Waals surface area contributed by atoms with Crippen molar-refractivity contribution in [3.63, 3.8) is 0 Å². The predicted molar refractivity (Wildman–Crippen MR) is 153 cm³/mol. The molecule has 8 heteroatoms. The van der Waals surface area contributed by atoms with Crippen LogP contribution in [0.4, 0.5) is 5.69 Å². The van der Waals surface area contributed by atoms with E-state index in [0.717, 1.165) is 33.8 Å². The third-order valence-electron chi connectivity index (χ3n) is 6.44. The molecule has 0 bridgehead atoms. The Hall–Kier alpha value is -3.36. The molecular weight excluding hydrogens is 500 g/mol. The van der Waals surface area contributed by atoms with Crippen molar-refractivity contribution in [2.24, 2.45) is 10.1 Å². The minimum atomic E-state index is -0.571. The first-order chi connectivity index (χ1) is 18.0. The number of anilines is 1. The number of carbonyl (C=O) groups is 2. The fourth-order valence-electron chi connectivity index (χ4n) is 4.41. The largest absolute Gasteiger partial charge is 0.326 e. The van der Waals surface area contributed by atoms with E-state index in [2.05, 4.69) is 41.5 Å². The second-order valence-electron chi connectivity index (χ2n) is 8.90. The summed E-state index contributed by atoms with van der Waals surface area (Å²) in [5, 5.41) is 9.67. The molecule has 3 aromatic carbocycles. The van der Waals surface area contributed by atoms with Gasteiger partial charge in [0.15, 0.2) is 5.17 Å². The number of hydrogen-bond donors (Lipinski definition) is 1. The van der Waals surface area contributed by atoms with E-state index < -0.39 is 5.25 Å². The highest BCUT2D eigenvalue weighted by Crippen LogP contribution is 2.38. The molecule has 0 radical (unpaired) electrons. The van der Waals surface area contributed by atoms with Crippen molar-refractivity contribution in [3.8, 4) is 0 Å². The Balaban J connectivity index is 1.33. The molecule has 37 heavy (non-hydrogen) atoms. The number of hydrogen-bond acceptors (Lipinski definition) is 6. The Kier molecular flexibility index (Phi) is 7.76. The predicted octanol–water partition coefficient (Wildman–Crippen LogP) is 6.15. The Morgan fingerprint density at radius 1 is 1.08 bits per heavy atom. The van der Waals surface area contributed by atoms with Crippen LogP contribution in [0.5, 0.6) is 0 Å². The molecule has 0 saturated carbocycles. The van der Waals surface area contributed by atoms with Gasteiger partial charge in [0, 0.05) is 23.4 Å². The molecule has 1 N–H and O–H groups in total. The van der Waals surface area contributed by atoms with E-state index in [4.69, 9.17) is 5.10 Å². The Bertz CT molecular complexity index is 1360. The van der Waals surface area contributed by atoms with Crippen molar-refractivity contribution in [2.45, 2.75) is 42.4 Å². The summed E-state index contributed by atoms with van der Waals surface area (Å²) in [7, 11) is 0. The van der Waals surface area contributed by atoms with Crippen LogP contribution in [0.1, 0.15) is 42.5 Å². The molecule has 2 atom stereocenters. The van der Waals surface area contributed by atoms with Gasteiger partial charge in [-0.1, -0.05) is 79.3 Å². The lowest BCUT2D eigenvalue weighted by molar-refractivity contribution is -0.121. The van der Waals surface area contributed by atoms with E-state index >= 15 is 0 Å². The highest BCUT2D eigenvalue weighted by Gasteiger charge is 2.39. The van der Waals surface area contributed by atoms with Gasteiger partial charge in [0.1, 0.15) is 5.25 Å². The summed E-state index contributed by atoms with van der Waals surface area (Å²) in [4.78, 5) is 31.0. The lowest BCUT2D eigenvalue weighted by atomic mass is 9.97. The summed E-state index contributed by atoms with van der Waals surface area (Å²) in [6.07, 6.45) is 3.73. The van der Waals surface area contributed by atoms with Crippen molar-refractivity contribution >= 4 is 51.9 Å². The van der Waals surface area contributed by atoms with Gasteiger partial charge in [0.2, 0.25) is 5.91 Å². The van der Waals surface area contributed by atoms with Gasteiger partial charge in [-0.25, -0.2) is 5.01 Å². The zero-order valence-corrected chi connectivity index (χ0v) is 22.4. The fourth-order valence-corrected chi connectivity index (χ4v) is 5.93. The zero-order valence-electron chi connectivity index (χ0n) is 20.8. The standard InChI is InChI=1S/C29H28N4O2S2/c1-3-19-12-14-21(15-13-19)25-17-24(20-8-5-4-6-9-20)32-33(25)29-31-28(35)26(37-29)18-27(34)30-22-10-7-11-23(16-22)36-2/h4-16,25-26H,3,17-18H2,1-2H3,(H,30,34)/t25-,26+/m1/s1. The van der Waals surface area contributed by atoms with E-state index in [1.54, 1.807) is 11.8 Å². The molecule has 0 aromatic heterocycles. The number of nitrogens with zero attached hydrogens (tertiary/aromatic N) is 3. The summed E-state index contributed by atoms with van der Waals surface area (Å²) in [5.41, 5.74) is 5.13. The summed E-state index contributed by atoms with van der Waals surface area (Å²) >= 11 is 2.93. The van der Waals surface area contributed by atoms with Crippen LogP contribution < -0.4 is 5.32 Å². The van der Waals surface area contributed by atoms with Crippen LogP contribution in [0.15, 0.2) is 93.9 Å². The van der Waals surface area contributed by atoms with Gasteiger partial charge >= 0.3 is 0 Å². The first-order valence-corrected chi connectivity index (χ1v) is 14.4. The molecule has 5 rings (SSSR count). The van der Waals surface area contributed by atoms with Gasteiger partial charge in [-0.05, 0) is 47.6 Å². The van der Waals surface area contributed by atoms with Crippen LogP contribution in [0.3, 0.4) is 0 Å². The maximum atomic E-state index is 12.8. The molecule has 2 heterocycles. The monoisotopic (exact) mass is 528 g/mol. The number of aliphatic imine (C=N–C) groups is 1. The van der Waals surface area contributed by atoms with Gasteiger partial charge in [-0.15, -0.1) is 11.8 Å². The van der Waals surface area contributed by atoms with Crippen molar-refractivity contribution in [3.05, 3.63) is 95.6 Å². The number of thioether (sulfide) groups is 2. The van der Waals surface area contributed by atoms with E-state index in [-0.39, 0.29) is 24.3 Å². The van der Waals surface area contributed by atoms with Crippen molar-refractivity contribution < 1.29 is 9.59 Å². The molecule has 2 aliphatic heterocycles. The Morgan fingerprint density at radius 3 is 2.59 bits per heavy atom. The normalized spacial score (nSPS) is 19.1. The molecule has 0 saturated heterocycles. The fraction of sp³-hybridized carbons (Fsp3) is 0.241. The van der Waals surface area contributed by atoms with Crippen LogP contribution in [0.25, 0.3) is 0 Å². The number of benzene rings is 3. The number of aryl methyl sites for hydroxylation is 1. The van der Waals surface area contributed by atoms with Gasteiger partial charge < -0.3 is 5.32 Å². The second kappa shape index (κ2) is 11.4. The summed E-state index contributed by atoms with van der Waals surface area (Å²) in [6.45, 7) is 2.14. The van der Waals surface area contributed by atoms with Gasteiger partial charge in [0.05, 0.1) is 11.8 Å². The maximum absolute atomic E-state index is 12.8. The summed E-state index contributed by atoms with van der Waals surface area (Å²) in [6, 6.07) is 26.2. The van der Waals surface area contributed by atoms with Crippen molar-refractivity contribution in [2.75, 3.05) is 11.6 Å². The van der Waals surface area contributed by atoms with Crippen LogP contribution >= 0.6 is 23.5 Å². The van der Waals surface area contributed by atoms with Crippen LogP contribution in [0, 0.1) is 0 Å². The lowest BCUT2D eigenvalue weighted by Crippen LogP contribution is -2.25. The number of amides is 2. The average Bonchev–Trinajstić information content (AvgIpc) is 3.53. The van der Waals surface area contributed by atoms with Gasteiger partial charge in [-0.2, -0.15) is 10.1 Å². The number of rotatable bonds is 7. The molecule has 2 aliphatic rings. The Labute approximate surface area is 225 Å². The molecule has 6 nitrogen and oxygen atoms in total. The SMILES string of the molecule is CCc1ccc([C@H]2CC(c3ccccc3)=NN2C2=NC(=O)[C@H](CC(=O)Nc3cccc(SC)c3)S2)cc1. The molecule has 188 valence electrons. The first kappa shape index (κ1) is 25.3. The smallest absolute Gasteiger partial charge is 0.262 e. The minimum Gasteiger partial charge on any atom is -0.326 e. The van der Waals surface area contributed by atoms with Crippen LogP contribution in [0.2, 0.25) is 0 Å².